The molecule has 1 aliphatic rings. The Kier molecular flexibility index (Phi) is 4.22. The molecule has 2 unspecified atom stereocenters. The van der Waals surface area contributed by atoms with Crippen molar-refractivity contribution in [2.24, 2.45) is 5.92 Å². The molecule has 0 bridgehead atoms. The van der Waals surface area contributed by atoms with Crippen molar-refractivity contribution < 1.29 is 4.74 Å². The lowest BCUT2D eigenvalue weighted by molar-refractivity contribution is 0.345. The molecule has 1 aliphatic heterocycles. The maximum Gasteiger partial charge on any atom is 0.104 e. The fourth-order valence-electron chi connectivity index (χ4n) is 1.58. The summed E-state index contributed by atoms with van der Waals surface area (Å²) in [5.41, 5.74) is 1.11. The number of rotatable bonds is 5. The van der Waals surface area contributed by atoms with Crippen LogP contribution in [0.3, 0.4) is 0 Å². The van der Waals surface area contributed by atoms with Crippen LogP contribution in [0, 0.1) is 18.3 Å². The Labute approximate surface area is 87.5 Å². The zero-order chi connectivity index (χ0) is 10.6. The first-order chi connectivity index (χ1) is 6.69. The number of hydrogen-bond donors (Lipinski definition) is 0. The normalized spacial score (nSPS) is 26.4. The Hall–Kier alpha value is -0.740. The topological polar surface area (TPSA) is 12.5 Å². The summed E-state index contributed by atoms with van der Waals surface area (Å²) in [6.07, 6.45) is 11.6. The summed E-state index contributed by atoms with van der Waals surface area (Å²) < 4.78 is 5.52. The molecule has 0 radical (unpaired) electrons. The Balaban J connectivity index is 2.39. The van der Waals surface area contributed by atoms with Crippen LogP contribution in [-0.2, 0) is 4.74 Å². The molecule has 0 spiro atoms. The number of ether oxygens (including phenoxy) is 1. The fraction of sp³-hybridized carbons (Fsp3) is 0.692. The van der Waals surface area contributed by atoms with Gasteiger partial charge in [-0.15, -0.1) is 6.42 Å². The lowest BCUT2D eigenvalue weighted by atomic mass is 10.0. The molecule has 0 aliphatic carbocycles. The highest BCUT2D eigenvalue weighted by molar-refractivity contribution is 5.28. The number of epoxide rings is 1. The molecule has 0 aromatic carbocycles. The second kappa shape index (κ2) is 5.22. The summed E-state index contributed by atoms with van der Waals surface area (Å²) in [7, 11) is 0. The van der Waals surface area contributed by atoms with E-state index >= 15 is 0 Å². The zero-order valence-corrected chi connectivity index (χ0v) is 9.42. The van der Waals surface area contributed by atoms with Crippen LogP contribution < -0.4 is 0 Å². The Morgan fingerprint density at radius 3 is 2.71 bits per heavy atom. The van der Waals surface area contributed by atoms with Crippen LogP contribution in [0.1, 0.15) is 40.0 Å². The summed E-state index contributed by atoms with van der Waals surface area (Å²) >= 11 is 0. The van der Waals surface area contributed by atoms with E-state index in [0.29, 0.717) is 12.0 Å². The molecule has 14 heavy (non-hydrogen) atoms. The van der Waals surface area contributed by atoms with Gasteiger partial charge in [0.25, 0.3) is 0 Å². The summed E-state index contributed by atoms with van der Waals surface area (Å²) in [4.78, 5) is 0. The summed E-state index contributed by atoms with van der Waals surface area (Å²) in [5.74, 6) is 3.35. The molecule has 1 heterocycles. The molecule has 2 atom stereocenters. The van der Waals surface area contributed by atoms with E-state index in [4.69, 9.17) is 11.2 Å². The Morgan fingerprint density at radius 2 is 2.29 bits per heavy atom. The maximum absolute atomic E-state index is 5.52. The number of terminal acetylenes is 1. The first-order valence-corrected chi connectivity index (χ1v) is 5.51. The fourth-order valence-corrected chi connectivity index (χ4v) is 1.58. The smallest absolute Gasteiger partial charge is 0.104 e. The van der Waals surface area contributed by atoms with Gasteiger partial charge in [-0.05, 0) is 24.8 Å². The highest BCUT2D eigenvalue weighted by atomic mass is 16.6. The molecule has 1 nitrogen and oxygen atoms in total. The van der Waals surface area contributed by atoms with Gasteiger partial charge in [-0.25, -0.2) is 0 Å². The van der Waals surface area contributed by atoms with E-state index in [1.807, 2.05) is 0 Å². The van der Waals surface area contributed by atoms with Crippen LogP contribution in [0.4, 0.5) is 0 Å². The van der Waals surface area contributed by atoms with Crippen LogP contribution in [0.15, 0.2) is 11.6 Å². The average Bonchev–Trinajstić information content (AvgIpc) is 2.91. The van der Waals surface area contributed by atoms with Crippen LogP contribution >= 0.6 is 0 Å². The van der Waals surface area contributed by atoms with Crippen molar-refractivity contribution in [2.75, 3.05) is 0 Å². The van der Waals surface area contributed by atoms with Crippen LogP contribution in [-0.4, -0.2) is 12.2 Å². The maximum atomic E-state index is 5.52. The number of hydrogen-bond acceptors (Lipinski definition) is 1. The highest BCUT2D eigenvalue weighted by Crippen LogP contribution is 2.31. The van der Waals surface area contributed by atoms with Crippen molar-refractivity contribution in [1.29, 1.82) is 0 Å². The molecular weight excluding hydrogens is 172 g/mol. The zero-order valence-electron chi connectivity index (χ0n) is 9.42. The van der Waals surface area contributed by atoms with E-state index in [9.17, 15) is 0 Å². The van der Waals surface area contributed by atoms with Gasteiger partial charge in [0, 0.05) is 5.57 Å². The monoisotopic (exact) mass is 192 g/mol. The summed E-state index contributed by atoms with van der Waals surface area (Å²) in [6.45, 7) is 6.54. The third-order valence-corrected chi connectivity index (χ3v) is 2.57. The predicted octanol–water partition coefficient (Wildman–Crippen LogP) is 3.16. The molecule has 0 saturated carbocycles. The van der Waals surface area contributed by atoms with E-state index < -0.39 is 0 Å². The summed E-state index contributed by atoms with van der Waals surface area (Å²) in [6, 6.07) is 0. The quantitative estimate of drug-likeness (QED) is 0.481. The molecule has 78 valence electrons. The molecule has 0 N–H and O–H groups in total. The minimum atomic E-state index is 0.290. The molecule has 1 fully saturated rings. The van der Waals surface area contributed by atoms with E-state index in [1.54, 1.807) is 0 Å². The van der Waals surface area contributed by atoms with E-state index in [0.717, 1.165) is 12.0 Å². The van der Waals surface area contributed by atoms with E-state index in [2.05, 4.69) is 32.8 Å². The first-order valence-electron chi connectivity index (χ1n) is 5.51. The second-order valence-electron chi connectivity index (χ2n) is 4.25. The van der Waals surface area contributed by atoms with E-state index in [1.165, 1.54) is 12.8 Å². The van der Waals surface area contributed by atoms with Crippen molar-refractivity contribution in [3.8, 4) is 12.3 Å². The standard InChI is InChI=1S/C13H20O/c1-5-7-8-11(6-2)9-12-13(14-12)10(3)4/h2,9-10,12-13H,5,7-8H2,1,3-4H3/b11-9+. The van der Waals surface area contributed by atoms with Crippen LogP contribution in [0.2, 0.25) is 0 Å². The van der Waals surface area contributed by atoms with Gasteiger partial charge < -0.3 is 4.74 Å². The number of allylic oxidation sites excluding steroid dienone is 1. The van der Waals surface area contributed by atoms with Gasteiger partial charge in [-0.2, -0.15) is 0 Å². The molecule has 0 aromatic heterocycles. The molecular formula is C13H20O. The van der Waals surface area contributed by atoms with E-state index in [-0.39, 0.29) is 6.10 Å². The van der Waals surface area contributed by atoms with Crippen molar-refractivity contribution in [1.82, 2.24) is 0 Å². The van der Waals surface area contributed by atoms with Crippen molar-refractivity contribution >= 4 is 0 Å². The van der Waals surface area contributed by atoms with Gasteiger partial charge in [0.2, 0.25) is 0 Å². The number of unbranched alkanes of at least 4 members (excludes halogenated alkanes) is 1. The van der Waals surface area contributed by atoms with Gasteiger partial charge in [-0.3, -0.25) is 0 Å². The minimum Gasteiger partial charge on any atom is -0.365 e. The van der Waals surface area contributed by atoms with Gasteiger partial charge in [0.1, 0.15) is 6.10 Å². The molecule has 1 saturated heterocycles. The van der Waals surface area contributed by atoms with Gasteiger partial charge in [0.05, 0.1) is 6.10 Å². The molecule has 1 rings (SSSR count). The van der Waals surface area contributed by atoms with Crippen molar-refractivity contribution in [2.45, 2.75) is 52.2 Å². The average molecular weight is 192 g/mol. The Bertz CT molecular complexity index is 244. The van der Waals surface area contributed by atoms with Gasteiger partial charge >= 0.3 is 0 Å². The second-order valence-corrected chi connectivity index (χ2v) is 4.25. The lowest BCUT2D eigenvalue weighted by Gasteiger charge is -1.97. The van der Waals surface area contributed by atoms with Gasteiger partial charge in [0.15, 0.2) is 0 Å². The predicted molar refractivity (Wildman–Crippen MR) is 59.9 cm³/mol. The minimum absolute atomic E-state index is 0.290. The van der Waals surface area contributed by atoms with Crippen molar-refractivity contribution in [3.63, 3.8) is 0 Å². The molecule has 0 amide bonds. The third kappa shape index (κ3) is 3.20. The van der Waals surface area contributed by atoms with Crippen LogP contribution in [0.5, 0.6) is 0 Å². The van der Waals surface area contributed by atoms with Gasteiger partial charge in [-0.1, -0.05) is 33.1 Å². The molecule has 0 aromatic rings. The van der Waals surface area contributed by atoms with Crippen molar-refractivity contribution in [3.05, 3.63) is 11.6 Å². The Morgan fingerprint density at radius 1 is 1.57 bits per heavy atom. The third-order valence-electron chi connectivity index (χ3n) is 2.57. The molecule has 1 heteroatoms. The first kappa shape index (κ1) is 11.3. The summed E-state index contributed by atoms with van der Waals surface area (Å²) in [5, 5.41) is 0. The highest BCUT2D eigenvalue weighted by Gasteiger charge is 2.39. The largest absolute Gasteiger partial charge is 0.365 e. The van der Waals surface area contributed by atoms with Crippen LogP contribution in [0.25, 0.3) is 0 Å². The SMILES string of the molecule is C#C/C(=C\C1OC1C(C)C)CCCC. The lowest BCUT2D eigenvalue weighted by Crippen LogP contribution is -2.00.